The largest absolute Gasteiger partial charge is 0.359 e. The summed E-state index contributed by atoms with van der Waals surface area (Å²) in [5, 5.41) is 0.447. The van der Waals surface area contributed by atoms with Gasteiger partial charge in [0.05, 0.1) is 5.69 Å². The van der Waals surface area contributed by atoms with Crippen molar-refractivity contribution in [3.05, 3.63) is 50.3 Å². The molecule has 2 rings (SSSR count). The van der Waals surface area contributed by atoms with Crippen LogP contribution < -0.4 is 11.4 Å². The van der Waals surface area contributed by atoms with Crippen LogP contribution in [0.5, 0.6) is 0 Å². The first-order chi connectivity index (χ1) is 13.4. The number of carbonyl (C=O) groups is 2. The minimum atomic E-state index is -0.835. The van der Waals surface area contributed by atoms with Crippen LogP contribution in [0.25, 0.3) is 5.69 Å². The summed E-state index contributed by atoms with van der Waals surface area (Å²) in [4.78, 5) is 51.1. The van der Waals surface area contributed by atoms with E-state index in [2.05, 4.69) is 0 Å². The molecule has 28 heavy (non-hydrogen) atoms. The fourth-order valence-corrected chi connectivity index (χ4v) is 3.08. The molecule has 8 heteroatoms. The van der Waals surface area contributed by atoms with E-state index in [-0.39, 0.29) is 18.5 Å². The Morgan fingerprint density at radius 2 is 1.21 bits per heavy atom. The molecule has 0 atom stereocenters. The van der Waals surface area contributed by atoms with E-state index in [9.17, 15) is 19.2 Å². The van der Waals surface area contributed by atoms with Gasteiger partial charge in [-0.25, -0.2) is 14.2 Å². The predicted molar refractivity (Wildman–Crippen MR) is 109 cm³/mol. The van der Waals surface area contributed by atoms with Crippen LogP contribution in [0, 0.1) is 0 Å². The highest BCUT2D eigenvalue weighted by Gasteiger charge is 2.25. The summed E-state index contributed by atoms with van der Waals surface area (Å²) in [5.74, 6) is -1.10. The fraction of sp³-hybridized carbons (Fsp3) is 0.500. The lowest BCUT2D eigenvalue weighted by molar-refractivity contribution is 0.0772. The van der Waals surface area contributed by atoms with Gasteiger partial charge in [-0.15, -0.1) is 0 Å². The number of hydrogen-bond donors (Lipinski definition) is 0. The van der Waals surface area contributed by atoms with Gasteiger partial charge in [-0.3, -0.25) is 9.59 Å². The van der Waals surface area contributed by atoms with E-state index < -0.39 is 23.2 Å². The molecular weight excluding hydrogens is 382 g/mol. The first-order valence-corrected chi connectivity index (χ1v) is 10.1. The molecule has 0 saturated heterocycles. The minimum Gasteiger partial charge on any atom is -0.272 e. The monoisotopic (exact) mass is 407 g/mol. The lowest BCUT2D eigenvalue weighted by Gasteiger charge is -2.06. The van der Waals surface area contributed by atoms with Crippen molar-refractivity contribution in [3.63, 3.8) is 0 Å². The van der Waals surface area contributed by atoms with Gasteiger partial charge in [0.2, 0.25) is 11.8 Å². The van der Waals surface area contributed by atoms with Crippen molar-refractivity contribution in [2.24, 2.45) is 0 Å². The summed E-state index contributed by atoms with van der Waals surface area (Å²) in [6.07, 6.45) is 4.85. The zero-order chi connectivity index (χ0) is 20.7. The van der Waals surface area contributed by atoms with Crippen LogP contribution in [-0.4, -0.2) is 25.7 Å². The van der Waals surface area contributed by atoms with Gasteiger partial charge < -0.3 is 0 Å². The number of aromatic nitrogens is 3. The number of unbranched alkanes of at least 4 members (excludes halogenated alkanes) is 4. The van der Waals surface area contributed by atoms with E-state index in [1.807, 2.05) is 13.8 Å². The molecule has 0 aliphatic rings. The molecule has 1 aromatic carbocycles. The van der Waals surface area contributed by atoms with Gasteiger partial charge in [-0.05, 0) is 37.1 Å². The molecular formula is C20H26ClN3O4. The van der Waals surface area contributed by atoms with Crippen LogP contribution in [0.1, 0.15) is 74.8 Å². The molecule has 0 aliphatic carbocycles. The fourth-order valence-electron chi connectivity index (χ4n) is 2.95. The second-order valence-corrected chi connectivity index (χ2v) is 7.14. The van der Waals surface area contributed by atoms with Crippen molar-refractivity contribution >= 4 is 23.4 Å². The second-order valence-electron chi connectivity index (χ2n) is 6.70. The highest BCUT2D eigenvalue weighted by atomic mass is 35.5. The Morgan fingerprint density at radius 1 is 0.786 bits per heavy atom. The Morgan fingerprint density at radius 3 is 1.61 bits per heavy atom. The van der Waals surface area contributed by atoms with Crippen molar-refractivity contribution in [2.45, 2.75) is 65.2 Å². The summed E-state index contributed by atoms with van der Waals surface area (Å²) in [5.41, 5.74) is -1.41. The third-order valence-corrected chi connectivity index (χ3v) is 4.74. The standard InChI is InChI=1S/C20H26ClN3O4/c1-3-5-7-9-17(25)23-19(27)22(16-13-11-15(21)12-14-16)20(28)24(23)18(26)10-8-6-4-2/h11-14H,3-10H2,1-2H3. The van der Waals surface area contributed by atoms with Crippen molar-refractivity contribution in [1.82, 2.24) is 13.9 Å². The maximum atomic E-state index is 12.9. The lowest BCUT2D eigenvalue weighted by atomic mass is 10.2. The van der Waals surface area contributed by atoms with Crippen molar-refractivity contribution in [2.75, 3.05) is 0 Å². The van der Waals surface area contributed by atoms with Crippen LogP contribution in [0.4, 0.5) is 0 Å². The highest BCUT2D eigenvalue weighted by molar-refractivity contribution is 6.30. The van der Waals surface area contributed by atoms with Crippen molar-refractivity contribution < 1.29 is 9.59 Å². The van der Waals surface area contributed by atoms with E-state index in [1.165, 1.54) is 24.3 Å². The van der Waals surface area contributed by atoms with Crippen LogP contribution in [-0.2, 0) is 0 Å². The minimum absolute atomic E-state index is 0.0973. The van der Waals surface area contributed by atoms with Gasteiger partial charge in [0.15, 0.2) is 0 Å². The number of rotatable bonds is 9. The number of benzene rings is 1. The second kappa shape index (κ2) is 10.2. The molecule has 0 unspecified atom stereocenters. The quantitative estimate of drug-likeness (QED) is 0.590. The predicted octanol–water partition coefficient (Wildman–Crippen LogP) is 3.90. The maximum absolute atomic E-state index is 12.9. The molecule has 7 nitrogen and oxygen atoms in total. The molecule has 1 aromatic heterocycles. The van der Waals surface area contributed by atoms with Gasteiger partial charge in [0.1, 0.15) is 0 Å². The summed E-state index contributed by atoms with van der Waals surface area (Å²) in [6.45, 7) is 4.00. The van der Waals surface area contributed by atoms with Gasteiger partial charge >= 0.3 is 11.4 Å². The molecule has 0 saturated carbocycles. The molecule has 0 amide bonds. The number of hydrogen-bond acceptors (Lipinski definition) is 4. The average Bonchev–Trinajstić information content (AvgIpc) is 2.93. The molecule has 2 aromatic rings. The van der Waals surface area contributed by atoms with Crippen LogP contribution in [0.15, 0.2) is 33.9 Å². The van der Waals surface area contributed by atoms with E-state index in [4.69, 9.17) is 11.6 Å². The highest BCUT2D eigenvalue weighted by Crippen LogP contribution is 2.11. The van der Waals surface area contributed by atoms with E-state index in [1.54, 1.807) is 0 Å². The molecule has 0 aliphatic heterocycles. The Balaban J connectivity index is 2.54. The Kier molecular flexibility index (Phi) is 7.99. The third kappa shape index (κ3) is 4.90. The third-order valence-electron chi connectivity index (χ3n) is 4.49. The zero-order valence-corrected chi connectivity index (χ0v) is 17.1. The Bertz CT molecular complexity index is 884. The molecule has 0 spiro atoms. The van der Waals surface area contributed by atoms with Gasteiger partial charge in [0, 0.05) is 17.9 Å². The number of nitrogens with zero attached hydrogens (tertiary/aromatic N) is 3. The lowest BCUT2D eigenvalue weighted by Crippen LogP contribution is -2.36. The molecule has 0 bridgehead atoms. The number of halogens is 1. The van der Waals surface area contributed by atoms with Crippen molar-refractivity contribution in [3.8, 4) is 5.69 Å². The first kappa shape index (κ1) is 21.9. The smallest absolute Gasteiger partial charge is 0.272 e. The van der Waals surface area contributed by atoms with Gasteiger partial charge in [-0.1, -0.05) is 51.1 Å². The molecule has 0 radical (unpaired) electrons. The Labute approximate surface area is 168 Å². The normalized spacial score (nSPS) is 11.0. The SMILES string of the molecule is CCCCCC(=O)n1c(=O)n(-c2ccc(Cl)cc2)c(=O)n1C(=O)CCCCC. The van der Waals surface area contributed by atoms with E-state index in [0.29, 0.717) is 27.2 Å². The topological polar surface area (TPSA) is 83.1 Å². The van der Waals surface area contributed by atoms with Gasteiger partial charge in [-0.2, -0.15) is 9.36 Å². The molecule has 1 heterocycles. The van der Waals surface area contributed by atoms with Crippen LogP contribution in [0.3, 0.4) is 0 Å². The zero-order valence-electron chi connectivity index (χ0n) is 16.3. The summed E-state index contributed by atoms with van der Waals surface area (Å²) in [7, 11) is 0. The van der Waals surface area contributed by atoms with Crippen LogP contribution in [0.2, 0.25) is 5.02 Å². The van der Waals surface area contributed by atoms with E-state index >= 15 is 0 Å². The molecule has 0 N–H and O–H groups in total. The Hall–Kier alpha value is -2.41. The number of carbonyl (C=O) groups excluding carboxylic acids is 2. The summed E-state index contributed by atoms with van der Waals surface area (Å²) >= 11 is 5.87. The first-order valence-electron chi connectivity index (χ1n) is 9.71. The maximum Gasteiger partial charge on any atom is 0.359 e. The average molecular weight is 408 g/mol. The van der Waals surface area contributed by atoms with Crippen LogP contribution >= 0.6 is 11.6 Å². The van der Waals surface area contributed by atoms with Gasteiger partial charge in [0.25, 0.3) is 0 Å². The summed E-state index contributed by atoms with van der Waals surface area (Å²) in [6, 6.07) is 6.08. The van der Waals surface area contributed by atoms with E-state index in [0.717, 1.165) is 30.3 Å². The van der Waals surface area contributed by atoms with Crippen molar-refractivity contribution in [1.29, 1.82) is 0 Å². The molecule has 152 valence electrons. The summed E-state index contributed by atoms with van der Waals surface area (Å²) < 4.78 is 2.23. The molecule has 0 fully saturated rings.